The summed E-state index contributed by atoms with van der Waals surface area (Å²) in [5.74, 6) is 0. The first-order chi connectivity index (χ1) is 12.0. The summed E-state index contributed by atoms with van der Waals surface area (Å²) >= 11 is 3.60. The molecule has 0 fully saturated rings. The molecule has 0 aliphatic rings. The number of nitrogens with zero attached hydrogens (tertiary/aromatic N) is 3. The van der Waals surface area contributed by atoms with Crippen molar-refractivity contribution >= 4 is 32.7 Å². The molecule has 25 heavy (non-hydrogen) atoms. The standard InChI is InChI=1S/C19H18BrN5/c1-10-4-5-12(6-15(10)21)17-16-11(2)14(20)8-22-19(16)24-18(17)13-7-23-25(3)9-13/h4-9H,21H2,1-3H3,(H,22,24). The maximum absolute atomic E-state index is 6.18. The van der Waals surface area contributed by atoms with Crippen LogP contribution in [-0.2, 0) is 7.05 Å². The first kappa shape index (κ1) is 15.9. The summed E-state index contributed by atoms with van der Waals surface area (Å²) in [5, 5.41) is 5.41. The van der Waals surface area contributed by atoms with E-state index in [1.54, 1.807) is 4.68 Å². The van der Waals surface area contributed by atoms with Crippen molar-refractivity contribution < 1.29 is 0 Å². The number of aromatic amines is 1. The van der Waals surface area contributed by atoms with Crippen LogP contribution in [0.5, 0.6) is 0 Å². The monoisotopic (exact) mass is 395 g/mol. The van der Waals surface area contributed by atoms with Crippen molar-refractivity contribution in [1.82, 2.24) is 19.7 Å². The van der Waals surface area contributed by atoms with E-state index in [9.17, 15) is 0 Å². The first-order valence-corrected chi connectivity index (χ1v) is 8.77. The number of hydrogen-bond acceptors (Lipinski definition) is 3. The highest BCUT2D eigenvalue weighted by atomic mass is 79.9. The molecule has 0 saturated carbocycles. The molecule has 3 N–H and O–H groups in total. The SMILES string of the molecule is Cc1ccc(-c2c(-c3cnn(C)c3)[nH]c3ncc(Br)c(C)c23)cc1N. The zero-order chi connectivity index (χ0) is 17.7. The summed E-state index contributed by atoms with van der Waals surface area (Å²) in [6.07, 6.45) is 5.68. The second-order valence-corrected chi connectivity index (χ2v) is 7.16. The van der Waals surface area contributed by atoms with E-state index in [2.05, 4.69) is 50.1 Å². The Balaban J connectivity index is 2.11. The molecule has 0 radical (unpaired) electrons. The molecule has 5 nitrogen and oxygen atoms in total. The van der Waals surface area contributed by atoms with Crippen LogP contribution >= 0.6 is 15.9 Å². The maximum Gasteiger partial charge on any atom is 0.138 e. The van der Waals surface area contributed by atoms with E-state index in [0.29, 0.717) is 0 Å². The van der Waals surface area contributed by atoms with Gasteiger partial charge in [0, 0.05) is 46.1 Å². The maximum atomic E-state index is 6.18. The number of nitrogens with two attached hydrogens (primary N) is 1. The summed E-state index contributed by atoms with van der Waals surface area (Å²) < 4.78 is 2.78. The normalized spacial score (nSPS) is 11.4. The van der Waals surface area contributed by atoms with Gasteiger partial charge in [-0.1, -0.05) is 12.1 Å². The van der Waals surface area contributed by atoms with Crippen LogP contribution in [0.25, 0.3) is 33.4 Å². The van der Waals surface area contributed by atoms with Gasteiger partial charge >= 0.3 is 0 Å². The molecule has 0 bridgehead atoms. The molecule has 0 atom stereocenters. The smallest absolute Gasteiger partial charge is 0.138 e. The van der Waals surface area contributed by atoms with Gasteiger partial charge in [-0.3, -0.25) is 4.68 Å². The molecule has 1 aromatic carbocycles. The summed E-state index contributed by atoms with van der Waals surface area (Å²) in [6.45, 7) is 4.11. The molecule has 3 aromatic heterocycles. The quantitative estimate of drug-likeness (QED) is 0.487. The number of nitrogen functional groups attached to an aromatic ring is 1. The van der Waals surface area contributed by atoms with Gasteiger partial charge in [0.1, 0.15) is 5.65 Å². The van der Waals surface area contributed by atoms with Crippen molar-refractivity contribution in [2.24, 2.45) is 7.05 Å². The molecule has 3 heterocycles. The average Bonchev–Trinajstić information content (AvgIpc) is 3.17. The topological polar surface area (TPSA) is 72.5 Å². The number of benzene rings is 1. The van der Waals surface area contributed by atoms with E-state index in [1.807, 2.05) is 38.6 Å². The van der Waals surface area contributed by atoms with Crippen molar-refractivity contribution in [2.75, 3.05) is 5.73 Å². The summed E-state index contributed by atoms with van der Waals surface area (Å²) in [6, 6.07) is 6.18. The average molecular weight is 396 g/mol. The van der Waals surface area contributed by atoms with Crippen LogP contribution in [0.4, 0.5) is 5.69 Å². The second-order valence-electron chi connectivity index (χ2n) is 6.30. The molecule has 0 amide bonds. The number of aryl methyl sites for hydroxylation is 3. The third-order valence-electron chi connectivity index (χ3n) is 4.58. The molecule has 6 heteroatoms. The van der Waals surface area contributed by atoms with Crippen molar-refractivity contribution in [1.29, 1.82) is 0 Å². The number of fused-ring (bicyclic) bond motifs is 1. The minimum absolute atomic E-state index is 0.782. The lowest BCUT2D eigenvalue weighted by Crippen LogP contribution is -1.91. The Bertz CT molecular complexity index is 1110. The van der Waals surface area contributed by atoms with Crippen LogP contribution in [0, 0.1) is 13.8 Å². The molecular weight excluding hydrogens is 378 g/mol. The molecule has 126 valence electrons. The van der Waals surface area contributed by atoms with Crippen molar-refractivity contribution in [3.8, 4) is 22.4 Å². The van der Waals surface area contributed by atoms with Gasteiger partial charge in [-0.15, -0.1) is 0 Å². The number of halogens is 1. The Labute approximate surface area is 154 Å². The van der Waals surface area contributed by atoms with E-state index >= 15 is 0 Å². The number of hydrogen-bond donors (Lipinski definition) is 2. The molecular formula is C19H18BrN5. The van der Waals surface area contributed by atoms with E-state index in [0.717, 1.165) is 54.7 Å². The molecule has 0 spiro atoms. The number of pyridine rings is 1. The van der Waals surface area contributed by atoms with Crippen LogP contribution in [0.15, 0.2) is 41.3 Å². The summed E-state index contributed by atoms with van der Waals surface area (Å²) in [5.41, 5.74) is 14.2. The van der Waals surface area contributed by atoms with E-state index in [-0.39, 0.29) is 0 Å². The highest BCUT2D eigenvalue weighted by Gasteiger charge is 2.20. The van der Waals surface area contributed by atoms with Gasteiger partial charge < -0.3 is 10.7 Å². The summed E-state index contributed by atoms with van der Waals surface area (Å²) in [4.78, 5) is 8.03. The highest BCUT2D eigenvalue weighted by molar-refractivity contribution is 9.10. The Hall–Kier alpha value is -2.60. The Kier molecular flexibility index (Phi) is 3.65. The largest absolute Gasteiger partial charge is 0.398 e. The Morgan fingerprint density at radius 1 is 1.16 bits per heavy atom. The van der Waals surface area contributed by atoms with Crippen LogP contribution in [0.2, 0.25) is 0 Å². The number of anilines is 1. The second kappa shape index (κ2) is 5.74. The molecule has 0 saturated heterocycles. The zero-order valence-corrected chi connectivity index (χ0v) is 15.8. The van der Waals surface area contributed by atoms with E-state index in [1.165, 1.54) is 0 Å². The van der Waals surface area contributed by atoms with Crippen LogP contribution in [0.1, 0.15) is 11.1 Å². The van der Waals surface area contributed by atoms with Gasteiger partial charge in [0.25, 0.3) is 0 Å². The minimum atomic E-state index is 0.782. The number of aromatic nitrogens is 4. The number of H-pyrrole nitrogens is 1. The predicted molar refractivity (Wildman–Crippen MR) is 105 cm³/mol. The zero-order valence-electron chi connectivity index (χ0n) is 14.3. The van der Waals surface area contributed by atoms with Crippen LogP contribution in [-0.4, -0.2) is 19.7 Å². The van der Waals surface area contributed by atoms with Gasteiger partial charge in [0.2, 0.25) is 0 Å². The van der Waals surface area contributed by atoms with E-state index < -0.39 is 0 Å². The predicted octanol–water partition coefficient (Wildman–Crippen LogP) is 4.59. The molecule has 0 aliphatic heterocycles. The van der Waals surface area contributed by atoms with E-state index in [4.69, 9.17) is 5.73 Å². The van der Waals surface area contributed by atoms with Gasteiger partial charge in [0.15, 0.2) is 0 Å². The lowest BCUT2D eigenvalue weighted by Gasteiger charge is -2.09. The van der Waals surface area contributed by atoms with Gasteiger partial charge in [-0.2, -0.15) is 5.10 Å². The van der Waals surface area contributed by atoms with Gasteiger partial charge in [-0.05, 0) is 52.5 Å². The summed E-state index contributed by atoms with van der Waals surface area (Å²) in [7, 11) is 1.91. The fourth-order valence-electron chi connectivity index (χ4n) is 3.14. The molecule has 4 rings (SSSR count). The van der Waals surface area contributed by atoms with Crippen molar-refractivity contribution in [3.05, 3.63) is 52.4 Å². The van der Waals surface area contributed by atoms with Gasteiger partial charge in [-0.25, -0.2) is 4.98 Å². The number of rotatable bonds is 2. The first-order valence-electron chi connectivity index (χ1n) is 7.98. The molecule has 0 aliphatic carbocycles. The molecule has 4 aromatic rings. The van der Waals surface area contributed by atoms with Crippen molar-refractivity contribution in [3.63, 3.8) is 0 Å². The highest BCUT2D eigenvalue weighted by Crippen LogP contribution is 2.41. The van der Waals surface area contributed by atoms with Crippen LogP contribution < -0.4 is 5.73 Å². The lowest BCUT2D eigenvalue weighted by atomic mass is 9.97. The van der Waals surface area contributed by atoms with Gasteiger partial charge in [0.05, 0.1) is 11.9 Å². The molecule has 0 unspecified atom stereocenters. The Morgan fingerprint density at radius 3 is 2.64 bits per heavy atom. The van der Waals surface area contributed by atoms with Crippen molar-refractivity contribution in [2.45, 2.75) is 13.8 Å². The van der Waals surface area contributed by atoms with Crippen LogP contribution in [0.3, 0.4) is 0 Å². The minimum Gasteiger partial charge on any atom is -0.398 e. The third kappa shape index (κ3) is 2.53. The lowest BCUT2D eigenvalue weighted by molar-refractivity contribution is 0.768. The number of nitrogens with one attached hydrogen (secondary N) is 1. The fourth-order valence-corrected chi connectivity index (χ4v) is 3.44. The Morgan fingerprint density at radius 2 is 1.96 bits per heavy atom. The third-order valence-corrected chi connectivity index (χ3v) is 5.38. The fraction of sp³-hybridized carbons (Fsp3) is 0.158.